The smallest absolute Gasteiger partial charge is 0.257 e. The fourth-order valence-corrected chi connectivity index (χ4v) is 2.66. The summed E-state index contributed by atoms with van der Waals surface area (Å²) in [5.74, 6) is -1.35. The Hall–Kier alpha value is -3.54. The Morgan fingerprint density at radius 1 is 0.963 bits per heavy atom. The van der Waals surface area contributed by atoms with Crippen molar-refractivity contribution in [2.45, 2.75) is 13.8 Å². The van der Waals surface area contributed by atoms with E-state index in [1.165, 1.54) is 25.1 Å². The Balaban J connectivity index is 1.83. The van der Waals surface area contributed by atoms with Crippen molar-refractivity contribution in [3.05, 3.63) is 77.7 Å². The SMILES string of the molecule is CC(=O)Nc1ccc(F)c(NC(=O)c2ccc(-c3ccccc3)nc2C)c1. The van der Waals surface area contributed by atoms with Crippen molar-refractivity contribution in [3.63, 3.8) is 0 Å². The Morgan fingerprint density at radius 3 is 2.37 bits per heavy atom. The van der Waals surface area contributed by atoms with Crippen molar-refractivity contribution in [2.24, 2.45) is 0 Å². The number of carbonyl (C=O) groups is 2. The Morgan fingerprint density at radius 2 is 1.70 bits per heavy atom. The van der Waals surface area contributed by atoms with Gasteiger partial charge >= 0.3 is 0 Å². The molecule has 0 aliphatic heterocycles. The average Bonchev–Trinajstić information content (AvgIpc) is 2.64. The van der Waals surface area contributed by atoms with Crippen LogP contribution >= 0.6 is 0 Å². The molecule has 2 amide bonds. The number of nitrogens with one attached hydrogen (secondary N) is 2. The molecule has 0 bridgehead atoms. The van der Waals surface area contributed by atoms with Crippen LogP contribution in [0.15, 0.2) is 60.7 Å². The molecule has 0 fully saturated rings. The molecule has 0 saturated carbocycles. The lowest BCUT2D eigenvalue weighted by atomic mass is 10.1. The largest absolute Gasteiger partial charge is 0.326 e. The summed E-state index contributed by atoms with van der Waals surface area (Å²) >= 11 is 0. The predicted molar refractivity (Wildman–Crippen MR) is 103 cm³/mol. The van der Waals surface area contributed by atoms with E-state index in [0.717, 1.165) is 11.3 Å². The lowest BCUT2D eigenvalue weighted by Crippen LogP contribution is -2.16. The second-order valence-corrected chi connectivity index (χ2v) is 6.03. The molecule has 0 unspecified atom stereocenters. The minimum Gasteiger partial charge on any atom is -0.326 e. The number of aryl methyl sites for hydroxylation is 1. The monoisotopic (exact) mass is 363 g/mol. The Labute approximate surface area is 156 Å². The zero-order chi connectivity index (χ0) is 19.4. The zero-order valence-electron chi connectivity index (χ0n) is 14.9. The molecule has 1 heterocycles. The molecule has 0 atom stereocenters. The summed E-state index contributed by atoms with van der Waals surface area (Å²) in [6.45, 7) is 3.08. The van der Waals surface area contributed by atoms with Crippen LogP contribution in [0, 0.1) is 12.7 Å². The molecule has 2 aromatic carbocycles. The first-order valence-electron chi connectivity index (χ1n) is 8.35. The van der Waals surface area contributed by atoms with Gasteiger partial charge in [-0.1, -0.05) is 30.3 Å². The van der Waals surface area contributed by atoms with Crippen LogP contribution in [0.3, 0.4) is 0 Å². The van der Waals surface area contributed by atoms with E-state index in [1.54, 1.807) is 19.1 Å². The molecule has 6 heteroatoms. The van der Waals surface area contributed by atoms with Gasteiger partial charge in [0.2, 0.25) is 5.91 Å². The summed E-state index contributed by atoms with van der Waals surface area (Å²) < 4.78 is 14.0. The molecular formula is C21H18FN3O2. The number of carbonyl (C=O) groups excluding carboxylic acids is 2. The summed E-state index contributed by atoms with van der Waals surface area (Å²) in [5, 5.41) is 5.09. The van der Waals surface area contributed by atoms with Gasteiger partial charge in [0.15, 0.2) is 0 Å². The number of anilines is 2. The van der Waals surface area contributed by atoms with Gasteiger partial charge in [0.05, 0.1) is 22.6 Å². The van der Waals surface area contributed by atoms with Gasteiger partial charge in [0.25, 0.3) is 5.91 Å². The van der Waals surface area contributed by atoms with E-state index in [-0.39, 0.29) is 11.6 Å². The maximum absolute atomic E-state index is 14.0. The summed E-state index contributed by atoms with van der Waals surface area (Å²) in [6.07, 6.45) is 0. The molecule has 0 aliphatic rings. The third-order valence-electron chi connectivity index (χ3n) is 3.93. The van der Waals surface area contributed by atoms with E-state index in [1.807, 2.05) is 30.3 Å². The van der Waals surface area contributed by atoms with E-state index in [9.17, 15) is 14.0 Å². The normalized spacial score (nSPS) is 10.3. The highest BCUT2D eigenvalue weighted by Crippen LogP contribution is 2.22. The van der Waals surface area contributed by atoms with Crippen molar-refractivity contribution in [2.75, 3.05) is 10.6 Å². The van der Waals surface area contributed by atoms with Gasteiger partial charge < -0.3 is 10.6 Å². The highest BCUT2D eigenvalue weighted by atomic mass is 19.1. The highest BCUT2D eigenvalue weighted by Gasteiger charge is 2.14. The van der Waals surface area contributed by atoms with Gasteiger partial charge in [-0.2, -0.15) is 0 Å². The van der Waals surface area contributed by atoms with Crippen molar-refractivity contribution in [1.82, 2.24) is 4.98 Å². The molecule has 0 aliphatic carbocycles. The number of hydrogen-bond donors (Lipinski definition) is 2. The molecule has 1 aromatic heterocycles. The number of nitrogens with zero attached hydrogens (tertiary/aromatic N) is 1. The van der Waals surface area contributed by atoms with Crippen molar-refractivity contribution < 1.29 is 14.0 Å². The average molecular weight is 363 g/mol. The van der Waals surface area contributed by atoms with Crippen LogP contribution < -0.4 is 10.6 Å². The van der Waals surface area contributed by atoms with Crippen LogP contribution in [0.25, 0.3) is 11.3 Å². The first-order valence-corrected chi connectivity index (χ1v) is 8.35. The summed E-state index contributed by atoms with van der Waals surface area (Å²) in [4.78, 5) is 28.2. The minimum absolute atomic E-state index is 0.0159. The molecule has 136 valence electrons. The maximum atomic E-state index is 14.0. The van der Waals surface area contributed by atoms with Crippen molar-refractivity contribution >= 4 is 23.2 Å². The van der Waals surface area contributed by atoms with Crippen molar-refractivity contribution in [3.8, 4) is 11.3 Å². The first-order chi connectivity index (χ1) is 12.9. The molecule has 3 aromatic rings. The molecule has 0 saturated heterocycles. The highest BCUT2D eigenvalue weighted by molar-refractivity contribution is 6.05. The summed E-state index contributed by atoms with van der Waals surface area (Å²) in [6, 6.07) is 17.0. The van der Waals surface area contributed by atoms with Crippen LogP contribution in [0.4, 0.5) is 15.8 Å². The standard InChI is InChI=1S/C21H18FN3O2/c1-13-17(9-11-19(23-13)15-6-4-3-5-7-15)21(27)25-20-12-16(24-14(2)26)8-10-18(20)22/h3-12H,1-2H3,(H,24,26)(H,25,27). The number of amides is 2. The molecule has 27 heavy (non-hydrogen) atoms. The Bertz CT molecular complexity index is 1000. The Kier molecular flexibility index (Phi) is 5.26. The number of halogens is 1. The fraction of sp³-hybridized carbons (Fsp3) is 0.0952. The first kappa shape index (κ1) is 18.3. The van der Waals surface area contributed by atoms with E-state index in [0.29, 0.717) is 16.9 Å². The summed E-state index contributed by atoms with van der Waals surface area (Å²) in [7, 11) is 0. The van der Waals surface area contributed by atoms with Gasteiger partial charge in [-0.05, 0) is 37.3 Å². The lowest BCUT2D eigenvalue weighted by Gasteiger charge is -2.11. The molecule has 0 spiro atoms. The van der Waals surface area contributed by atoms with Crippen LogP contribution in [0.5, 0.6) is 0 Å². The number of rotatable bonds is 4. The molecule has 0 radical (unpaired) electrons. The van der Waals surface area contributed by atoms with Gasteiger partial charge in [-0.25, -0.2) is 4.39 Å². The number of benzene rings is 2. The molecule has 2 N–H and O–H groups in total. The lowest BCUT2D eigenvalue weighted by molar-refractivity contribution is -0.114. The summed E-state index contributed by atoms with van der Waals surface area (Å²) in [5.41, 5.74) is 2.96. The van der Waals surface area contributed by atoms with Gasteiger partial charge in [-0.3, -0.25) is 14.6 Å². The van der Waals surface area contributed by atoms with E-state index in [4.69, 9.17) is 0 Å². The minimum atomic E-state index is -0.594. The molecule has 5 nitrogen and oxygen atoms in total. The van der Waals surface area contributed by atoms with Crippen LogP contribution in [-0.4, -0.2) is 16.8 Å². The maximum Gasteiger partial charge on any atom is 0.257 e. The van der Waals surface area contributed by atoms with Crippen LogP contribution in [0.1, 0.15) is 23.0 Å². The number of hydrogen-bond acceptors (Lipinski definition) is 3. The van der Waals surface area contributed by atoms with E-state index in [2.05, 4.69) is 15.6 Å². The second kappa shape index (κ2) is 7.78. The topological polar surface area (TPSA) is 71.1 Å². The molecular weight excluding hydrogens is 345 g/mol. The van der Waals surface area contributed by atoms with Crippen LogP contribution in [-0.2, 0) is 4.79 Å². The van der Waals surface area contributed by atoms with Crippen LogP contribution in [0.2, 0.25) is 0 Å². The van der Waals surface area contributed by atoms with Gasteiger partial charge in [0.1, 0.15) is 5.82 Å². The fourth-order valence-electron chi connectivity index (χ4n) is 2.66. The zero-order valence-corrected chi connectivity index (χ0v) is 14.9. The second-order valence-electron chi connectivity index (χ2n) is 6.03. The molecule has 3 rings (SSSR count). The van der Waals surface area contributed by atoms with Crippen molar-refractivity contribution in [1.29, 1.82) is 0 Å². The number of aromatic nitrogens is 1. The van der Waals surface area contributed by atoms with Gasteiger partial charge in [-0.15, -0.1) is 0 Å². The third kappa shape index (κ3) is 4.36. The van der Waals surface area contributed by atoms with E-state index < -0.39 is 11.7 Å². The number of pyridine rings is 1. The van der Waals surface area contributed by atoms with Gasteiger partial charge in [0, 0.05) is 18.2 Å². The predicted octanol–water partition coefficient (Wildman–Crippen LogP) is 4.41. The quantitative estimate of drug-likeness (QED) is 0.721. The third-order valence-corrected chi connectivity index (χ3v) is 3.93. The van der Waals surface area contributed by atoms with E-state index >= 15 is 0 Å².